The molecule has 2 atom stereocenters. The molecule has 1 fully saturated rings. The van der Waals surface area contributed by atoms with Crippen molar-refractivity contribution in [2.24, 2.45) is 0 Å². The third-order valence-corrected chi connectivity index (χ3v) is 6.53. The highest BCUT2D eigenvalue weighted by Gasteiger charge is 2.31. The number of aliphatic hydroxyl groups is 1. The minimum atomic E-state index is -3.73. The van der Waals surface area contributed by atoms with Gasteiger partial charge in [0.05, 0.1) is 22.5 Å². The van der Waals surface area contributed by atoms with Crippen molar-refractivity contribution in [2.75, 3.05) is 11.5 Å². The quantitative estimate of drug-likeness (QED) is 0.826. The number of hydrogen-bond acceptors (Lipinski definition) is 5. The highest BCUT2D eigenvalue weighted by molar-refractivity contribution is 7.92. The van der Waals surface area contributed by atoms with E-state index >= 15 is 0 Å². The normalized spacial score (nSPS) is 23.6. The summed E-state index contributed by atoms with van der Waals surface area (Å²) < 4.78 is 49.3. The molecule has 2 unspecified atom stereocenters. The predicted octanol–water partition coefficient (Wildman–Crippen LogP) is 0.205. The zero-order valence-corrected chi connectivity index (χ0v) is 12.6. The Labute approximate surface area is 118 Å². The van der Waals surface area contributed by atoms with E-state index in [0.717, 1.165) is 0 Å². The minimum Gasteiger partial charge on any atom is -0.389 e. The molecule has 1 aromatic carbocycles. The smallest absolute Gasteiger partial charge is 0.240 e. The summed E-state index contributed by atoms with van der Waals surface area (Å²) in [6.07, 6.45) is -0.368. The van der Waals surface area contributed by atoms with Gasteiger partial charge in [-0.05, 0) is 31.0 Å². The second-order valence-electron chi connectivity index (χ2n) is 4.97. The molecule has 0 radical (unpaired) electrons. The van der Waals surface area contributed by atoms with E-state index in [1.807, 2.05) is 0 Å². The Bertz CT molecular complexity index is 677. The average Bonchev–Trinajstić information content (AvgIpc) is 2.68. The van der Waals surface area contributed by atoms with Crippen molar-refractivity contribution in [3.63, 3.8) is 0 Å². The molecule has 20 heavy (non-hydrogen) atoms. The van der Waals surface area contributed by atoms with E-state index in [9.17, 15) is 21.9 Å². The highest BCUT2D eigenvalue weighted by Crippen LogP contribution is 2.18. The topological polar surface area (TPSA) is 101 Å². The van der Waals surface area contributed by atoms with E-state index in [2.05, 4.69) is 4.72 Å². The van der Waals surface area contributed by atoms with Gasteiger partial charge in [0.2, 0.25) is 10.0 Å². The first-order valence-electron chi connectivity index (χ1n) is 6.20. The second kappa shape index (κ2) is 5.44. The van der Waals surface area contributed by atoms with E-state index in [1.54, 1.807) is 6.92 Å². The molecule has 0 bridgehead atoms. The number of aliphatic hydroxyl groups excluding tert-OH is 1. The molecule has 0 spiro atoms. The van der Waals surface area contributed by atoms with Crippen LogP contribution in [0, 0.1) is 0 Å². The molecule has 112 valence electrons. The maximum absolute atomic E-state index is 12.1. The molecule has 1 aliphatic rings. The molecule has 2 N–H and O–H groups in total. The minimum absolute atomic E-state index is 0.0150. The average molecular weight is 319 g/mol. The number of nitrogens with one attached hydrogen (secondary N) is 1. The van der Waals surface area contributed by atoms with Crippen molar-refractivity contribution in [2.45, 2.75) is 30.4 Å². The van der Waals surface area contributed by atoms with Crippen molar-refractivity contribution >= 4 is 19.9 Å². The molecule has 8 heteroatoms. The van der Waals surface area contributed by atoms with E-state index < -0.39 is 32.0 Å². The van der Waals surface area contributed by atoms with Gasteiger partial charge in [-0.3, -0.25) is 0 Å². The summed E-state index contributed by atoms with van der Waals surface area (Å²) in [5, 5.41) is 9.37. The van der Waals surface area contributed by atoms with Gasteiger partial charge in [-0.25, -0.2) is 21.6 Å². The molecule has 1 aliphatic heterocycles. The number of rotatable bonds is 4. The summed E-state index contributed by atoms with van der Waals surface area (Å²) in [4.78, 5) is 0.0613. The first-order valence-corrected chi connectivity index (χ1v) is 9.51. The Kier molecular flexibility index (Phi) is 4.19. The van der Waals surface area contributed by atoms with Gasteiger partial charge >= 0.3 is 0 Å². The van der Waals surface area contributed by atoms with Crippen LogP contribution in [-0.4, -0.2) is 39.5 Å². The lowest BCUT2D eigenvalue weighted by atomic mass is 10.1. The molecule has 0 amide bonds. The van der Waals surface area contributed by atoms with Crippen molar-refractivity contribution in [1.29, 1.82) is 0 Å². The lowest BCUT2D eigenvalue weighted by Gasteiger charge is -2.12. The van der Waals surface area contributed by atoms with Crippen LogP contribution in [0.2, 0.25) is 0 Å². The van der Waals surface area contributed by atoms with Crippen molar-refractivity contribution in [3.8, 4) is 0 Å². The molecule has 2 rings (SSSR count). The van der Waals surface area contributed by atoms with Crippen LogP contribution in [0.5, 0.6) is 0 Å². The zero-order chi connectivity index (χ0) is 15.0. The lowest BCUT2D eigenvalue weighted by Crippen LogP contribution is -2.35. The van der Waals surface area contributed by atoms with Gasteiger partial charge in [0.15, 0.2) is 9.84 Å². The number of sulfonamides is 1. The second-order valence-corrected chi connectivity index (χ2v) is 8.91. The van der Waals surface area contributed by atoms with Crippen LogP contribution < -0.4 is 4.72 Å². The Morgan fingerprint density at radius 1 is 1.30 bits per heavy atom. The summed E-state index contributed by atoms with van der Waals surface area (Å²) in [6.45, 7) is 1.59. The maximum Gasteiger partial charge on any atom is 0.240 e. The van der Waals surface area contributed by atoms with Gasteiger partial charge in [-0.1, -0.05) is 12.1 Å². The number of sulfone groups is 1. The molecular weight excluding hydrogens is 302 g/mol. The van der Waals surface area contributed by atoms with Crippen LogP contribution in [0.25, 0.3) is 0 Å². The van der Waals surface area contributed by atoms with Crippen LogP contribution in [0.1, 0.15) is 25.0 Å². The molecule has 0 aliphatic carbocycles. The van der Waals surface area contributed by atoms with E-state index in [0.29, 0.717) is 12.0 Å². The molecule has 1 saturated heterocycles. The SMILES string of the molecule is CC(O)c1ccc(S(=O)(=O)NC2CCS(=O)(=O)C2)cc1. The monoisotopic (exact) mass is 319 g/mol. The molecule has 6 nitrogen and oxygen atoms in total. The fourth-order valence-electron chi connectivity index (χ4n) is 2.10. The van der Waals surface area contributed by atoms with Crippen LogP contribution in [0.15, 0.2) is 29.2 Å². The van der Waals surface area contributed by atoms with Crippen molar-refractivity contribution in [1.82, 2.24) is 4.72 Å². The standard InChI is InChI=1S/C12H17NO5S2/c1-9(14)10-2-4-12(5-3-10)20(17,18)13-11-6-7-19(15,16)8-11/h2-5,9,11,13-14H,6-8H2,1H3. The molecular formula is C12H17NO5S2. The molecule has 1 heterocycles. The first-order chi connectivity index (χ1) is 9.20. The van der Waals surface area contributed by atoms with Gasteiger partial charge in [0, 0.05) is 6.04 Å². The van der Waals surface area contributed by atoms with Crippen LogP contribution in [0.4, 0.5) is 0 Å². The van der Waals surface area contributed by atoms with E-state index in [-0.39, 0.29) is 16.4 Å². The third-order valence-electron chi connectivity index (χ3n) is 3.23. The third kappa shape index (κ3) is 3.57. The molecule has 1 aromatic rings. The Morgan fingerprint density at radius 3 is 2.35 bits per heavy atom. The van der Waals surface area contributed by atoms with E-state index in [1.165, 1.54) is 24.3 Å². The van der Waals surface area contributed by atoms with Crippen LogP contribution in [0.3, 0.4) is 0 Å². The summed E-state index contributed by atoms with van der Waals surface area (Å²) in [5.74, 6) is -0.140. The van der Waals surface area contributed by atoms with Gasteiger partial charge in [0.1, 0.15) is 0 Å². The summed E-state index contributed by atoms with van der Waals surface area (Å²) in [5.41, 5.74) is 0.618. The Hall–Kier alpha value is -0.960. The first kappa shape index (κ1) is 15.4. The summed E-state index contributed by atoms with van der Waals surface area (Å²) in [6, 6.07) is 5.29. The van der Waals surface area contributed by atoms with Gasteiger partial charge in [-0.2, -0.15) is 0 Å². The Balaban J connectivity index is 2.14. The lowest BCUT2D eigenvalue weighted by molar-refractivity contribution is 0.199. The van der Waals surface area contributed by atoms with Gasteiger partial charge in [0.25, 0.3) is 0 Å². The number of benzene rings is 1. The largest absolute Gasteiger partial charge is 0.389 e. The zero-order valence-electron chi connectivity index (χ0n) is 11.0. The van der Waals surface area contributed by atoms with Crippen LogP contribution in [-0.2, 0) is 19.9 Å². The Morgan fingerprint density at radius 2 is 1.90 bits per heavy atom. The maximum atomic E-state index is 12.1. The van der Waals surface area contributed by atoms with Gasteiger partial charge < -0.3 is 5.11 Å². The fourth-order valence-corrected chi connectivity index (χ4v) is 5.15. The predicted molar refractivity (Wildman–Crippen MR) is 74.5 cm³/mol. The highest BCUT2D eigenvalue weighted by atomic mass is 32.2. The van der Waals surface area contributed by atoms with Crippen molar-refractivity contribution in [3.05, 3.63) is 29.8 Å². The van der Waals surface area contributed by atoms with Crippen molar-refractivity contribution < 1.29 is 21.9 Å². The van der Waals surface area contributed by atoms with Crippen LogP contribution >= 0.6 is 0 Å². The van der Waals surface area contributed by atoms with E-state index in [4.69, 9.17) is 0 Å². The molecule has 0 saturated carbocycles. The number of hydrogen-bond donors (Lipinski definition) is 2. The molecule has 0 aromatic heterocycles. The van der Waals surface area contributed by atoms with Gasteiger partial charge in [-0.15, -0.1) is 0 Å². The summed E-state index contributed by atoms with van der Waals surface area (Å²) >= 11 is 0. The fraction of sp³-hybridized carbons (Fsp3) is 0.500. The summed E-state index contributed by atoms with van der Waals surface area (Å²) in [7, 11) is -6.86.